The van der Waals surface area contributed by atoms with Gasteiger partial charge in [0.15, 0.2) is 0 Å². The van der Waals surface area contributed by atoms with E-state index in [0.717, 1.165) is 58.2 Å². The SMILES string of the molecule is CCCC1(C(=O)N(CCCO)C2CCC2)CCCNC1. The summed E-state index contributed by atoms with van der Waals surface area (Å²) < 4.78 is 0. The largest absolute Gasteiger partial charge is 0.396 e. The highest BCUT2D eigenvalue weighted by molar-refractivity contribution is 5.83. The summed E-state index contributed by atoms with van der Waals surface area (Å²) in [6.45, 7) is 4.95. The van der Waals surface area contributed by atoms with Gasteiger partial charge in [-0.3, -0.25) is 4.79 Å². The van der Waals surface area contributed by atoms with Gasteiger partial charge >= 0.3 is 0 Å². The van der Waals surface area contributed by atoms with Crippen LogP contribution in [0.4, 0.5) is 0 Å². The van der Waals surface area contributed by atoms with E-state index in [1.54, 1.807) is 0 Å². The summed E-state index contributed by atoms with van der Waals surface area (Å²) in [6.07, 6.45) is 8.41. The van der Waals surface area contributed by atoms with Crippen molar-refractivity contribution in [3.05, 3.63) is 0 Å². The molecule has 116 valence electrons. The van der Waals surface area contributed by atoms with Gasteiger partial charge < -0.3 is 15.3 Å². The first-order valence-corrected chi connectivity index (χ1v) is 8.36. The summed E-state index contributed by atoms with van der Waals surface area (Å²) in [5, 5.41) is 12.5. The smallest absolute Gasteiger partial charge is 0.230 e. The van der Waals surface area contributed by atoms with Crippen LogP contribution >= 0.6 is 0 Å². The molecule has 2 fully saturated rings. The fourth-order valence-corrected chi connectivity index (χ4v) is 3.64. The number of nitrogens with zero attached hydrogens (tertiary/aromatic N) is 1. The average molecular weight is 282 g/mol. The topological polar surface area (TPSA) is 52.6 Å². The van der Waals surface area contributed by atoms with Gasteiger partial charge in [-0.15, -0.1) is 0 Å². The number of carbonyl (C=O) groups is 1. The molecule has 0 aromatic carbocycles. The Labute approximate surface area is 122 Å². The van der Waals surface area contributed by atoms with Gasteiger partial charge in [0.1, 0.15) is 0 Å². The first-order valence-electron chi connectivity index (χ1n) is 8.36. The average Bonchev–Trinajstić information content (AvgIpc) is 2.42. The highest BCUT2D eigenvalue weighted by atomic mass is 16.3. The molecule has 2 rings (SSSR count). The van der Waals surface area contributed by atoms with Crippen molar-refractivity contribution in [1.82, 2.24) is 10.2 Å². The van der Waals surface area contributed by atoms with E-state index in [9.17, 15) is 4.79 Å². The van der Waals surface area contributed by atoms with Crippen LogP contribution < -0.4 is 5.32 Å². The van der Waals surface area contributed by atoms with Crippen LogP contribution in [0, 0.1) is 5.41 Å². The minimum absolute atomic E-state index is 0.176. The van der Waals surface area contributed by atoms with E-state index >= 15 is 0 Å². The molecule has 1 heterocycles. The maximum absolute atomic E-state index is 13.2. The molecule has 1 amide bonds. The van der Waals surface area contributed by atoms with Crippen LogP contribution in [0.5, 0.6) is 0 Å². The number of nitrogens with one attached hydrogen (secondary N) is 1. The second-order valence-electron chi connectivity index (χ2n) is 6.47. The highest BCUT2D eigenvalue weighted by Crippen LogP contribution is 2.37. The van der Waals surface area contributed by atoms with Crippen molar-refractivity contribution in [2.24, 2.45) is 5.41 Å². The number of aliphatic hydroxyl groups is 1. The number of amides is 1. The molecular weight excluding hydrogens is 252 g/mol. The normalized spacial score (nSPS) is 27.1. The lowest BCUT2D eigenvalue weighted by Crippen LogP contribution is -2.56. The number of aliphatic hydroxyl groups excluding tert-OH is 1. The zero-order chi connectivity index (χ0) is 14.4. The van der Waals surface area contributed by atoms with Gasteiger partial charge in [-0.25, -0.2) is 0 Å². The molecule has 20 heavy (non-hydrogen) atoms. The molecule has 1 saturated carbocycles. The molecule has 0 aromatic heterocycles. The molecule has 1 aliphatic heterocycles. The van der Waals surface area contributed by atoms with E-state index in [4.69, 9.17) is 5.11 Å². The Morgan fingerprint density at radius 3 is 2.70 bits per heavy atom. The molecule has 1 aliphatic carbocycles. The van der Waals surface area contributed by atoms with Gasteiger partial charge in [0.25, 0.3) is 0 Å². The van der Waals surface area contributed by atoms with Gasteiger partial charge in [0.05, 0.1) is 5.41 Å². The standard InChI is InChI=1S/C16H30N2O2/c1-2-8-16(9-4-10-17-13-16)15(20)18(11-5-12-19)14-6-3-7-14/h14,17,19H,2-13H2,1H3. The predicted molar refractivity (Wildman–Crippen MR) is 80.5 cm³/mol. The van der Waals surface area contributed by atoms with E-state index < -0.39 is 0 Å². The van der Waals surface area contributed by atoms with Crippen molar-refractivity contribution in [3.8, 4) is 0 Å². The summed E-state index contributed by atoms with van der Waals surface area (Å²) in [7, 11) is 0. The first kappa shape index (κ1) is 15.8. The molecule has 0 spiro atoms. The number of rotatable bonds is 7. The van der Waals surface area contributed by atoms with Gasteiger partial charge in [0.2, 0.25) is 5.91 Å². The van der Waals surface area contributed by atoms with Crippen molar-refractivity contribution in [2.75, 3.05) is 26.2 Å². The molecule has 2 N–H and O–H groups in total. The number of hydrogen-bond acceptors (Lipinski definition) is 3. The fourth-order valence-electron chi connectivity index (χ4n) is 3.64. The van der Waals surface area contributed by atoms with E-state index in [2.05, 4.69) is 17.1 Å². The third-order valence-electron chi connectivity index (χ3n) is 4.99. The molecule has 0 radical (unpaired) electrons. The first-order chi connectivity index (χ1) is 9.73. The monoisotopic (exact) mass is 282 g/mol. The zero-order valence-corrected chi connectivity index (χ0v) is 12.9. The predicted octanol–water partition coefficient (Wildman–Crippen LogP) is 1.92. The van der Waals surface area contributed by atoms with Crippen molar-refractivity contribution in [2.45, 2.75) is 64.3 Å². The lowest BCUT2D eigenvalue weighted by Gasteiger charge is -2.45. The maximum Gasteiger partial charge on any atom is 0.230 e. The van der Waals surface area contributed by atoms with Crippen LogP contribution in [0.3, 0.4) is 0 Å². The summed E-state index contributed by atoms with van der Waals surface area (Å²) in [4.78, 5) is 15.3. The molecule has 1 atom stereocenters. The van der Waals surface area contributed by atoms with Crippen molar-refractivity contribution in [3.63, 3.8) is 0 Å². The van der Waals surface area contributed by atoms with Crippen LogP contribution in [-0.4, -0.2) is 48.2 Å². The summed E-state index contributed by atoms with van der Waals surface area (Å²) in [5.74, 6) is 0.352. The lowest BCUT2D eigenvalue weighted by atomic mass is 9.74. The van der Waals surface area contributed by atoms with Crippen LogP contribution in [0.25, 0.3) is 0 Å². The van der Waals surface area contributed by atoms with Crippen LogP contribution in [0.1, 0.15) is 58.3 Å². The molecule has 1 unspecified atom stereocenters. The number of hydrogen-bond donors (Lipinski definition) is 2. The second kappa shape index (κ2) is 7.41. The molecule has 4 nitrogen and oxygen atoms in total. The van der Waals surface area contributed by atoms with Crippen molar-refractivity contribution >= 4 is 5.91 Å². The van der Waals surface area contributed by atoms with Gasteiger partial charge in [-0.05, 0) is 51.5 Å². The second-order valence-corrected chi connectivity index (χ2v) is 6.47. The summed E-state index contributed by atoms with van der Waals surface area (Å²) >= 11 is 0. The third-order valence-corrected chi connectivity index (χ3v) is 4.99. The molecular formula is C16H30N2O2. The van der Waals surface area contributed by atoms with Crippen LogP contribution in [0.15, 0.2) is 0 Å². The van der Waals surface area contributed by atoms with E-state index in [-0.39, 0.29) is 12.0 Å². The third kappa shape index (κ3) is 3.34. The van der Waals surface area contributed by atoms with E-state index in [1.807, 2.05) is 0 Å². The quantitative estimate of drug-likeness (QED) is 0.750. The molecule has 4 heteroatoms. The lowest BCUT2D eigenvalue weighted by molar-refractivity contribution is -0.148. The number of carbonyl (C=O) groups excluding carboxylic acids is 1. The van der Waals surface area contributed by atoms with Crippen LogP contribution in [0.2, 0.25) is 0 Å². The summed E-state index contributed by atoms with van der Waals surface area (Å²) in [6, 6.07) is 0.435. The molecule has 0 aromatic rings. The Morgan fingerprint density at radius 1 is 1.40 bits per heavy atom. The van der Waals surface area contributed by atoms with Crippen LogP contribution in [-0.2, 0) is 4.79 Å². The Balaban J connectivity index is 2.09. The minimum atomic E-state index is -0.182. The van der Waals surface area contributed by atoms with Gasteiger partial charge in [0, 0.05) is 25.7 Å². The number of piperidine rings is 1. The maximum atomic E-state index is 13.2. The molecule has 2 aliphatic rings. The Bertz CT molecular complexity index is 304. The fraction of sp³-hybridized carbons (Fsp3) is 0.938. The van der Waals surface area contributed by atoms with Crippen molar-refractivity contribution in [1.29, 1.82) is 0 Å². The van der Waals surface area contributed by atoms with Crippen molar-refractivity contribution < 1.29 is 9.90 Å². The highest BCUT2D eigenvalue weighted by Gasteiger charge is 2.43. The zero-order valence-electron chi connectivity index (χ0n) is 12.9. The Kier molecular flexibility index (Phi) is 5.85. The Morgan fingerprint density at radius 2 is 2.20 bits per heavy atom. The van der Waals surface area contributed by atoms with Gasteiger partial charge in [-0.2, -0.15) is 0 Å². The Hall–Kier alpha value is -0.610. The molecule has 0 bridgehead atoms. The summed E-state index contributed by atoms with van der Waals surface area (Å²) in [5.41, 5.74) is -0.182. The minimum Gasteiger partial charge on any atom is -0.396 e. The van der Waals surface area contributed by atoms with E-state index in [0.29, 0.717) is 18.4 Å². The van der Waals surface area contributed by atoms with Gasteiger partial charge in [-0.1, -0.05) is 13.3 Å². The van der Waals surface area contributed by atoms with E-state index in [1.165, 1.54) is 6.42 Å². The molecule has 1 saturated heterocycles.